The van der Waals surface area contributed by atoms with Crippen molar-refractivity contribution < 1.29 is 14.3 Å². The maximum Gasteiger partial charge on any atom is 0.271 e. The van der Waals surface area contributed by atoms with Gasteiger partial charge >= 0.3 is 0 Å². The first kappa shape index (κ1) is 21.3. The molecule has 0 aliphatic carbocycles. The van der Waals surface area contributed by atoms with Gasteiger partial charge in [-0.15, -0.1) is 0 Å². The molecular formula is C23H20BrN3O3. The highest BCUT2D eigenvalue weighted by Crippen LogP contribution is 2.17. The van der Waals surface area contributed by atoms with Crippen LogP contribution in [0.25, 0.3) is 0 Å². The van der Waals surface area contributed by atoms with E-state index >= 15 is 0 Å². The summed E-state index contributed by atoms with van der Waals surface area (Å²) in [5.41, 5.74) is 5.33. The molecule has 3 aromatic carbocycles. The predicted octanol–water partition coefficient (Wildman–Crippen LogP) is 4.54. The highest BCUT2D eigenvalue weighted by Gasteiger charge is 2.08. The van der Waals surface area contributed by atoms with Crippen molar-refractivity contribution in [1.29, 1.82) is 0 Å². The summed E-state index contributed by atoms with van der Waals surface area (Å²) >= 11 is 3.33. The van der Waals surface area contributed by atoms with Crippen LogP contribution in [0, 0.1) is 6.92 Å². The molecule has 6 nitrogen and oxygen atoms in total. The summed E-state index contributed by atoms with van der Waals surface area (Å²) in [5.74, 6) is -0.103. The Labute approximate surface area is 183 Å². The lowest BCUT2D eigenvalue weighted by Gasteiger charge is -2.11. The first-order valence-electron chi connectivity index (χ1n) is 9.19. The number of hydrogen-bond donors (Lipinski definition) is 2. The molecule has 0 aliphatic heterocycles. The summed E-state index contributed by atoms with van der Waals surface area (Å²) in [6.07, 6.45) is 1.48. The molecule has 0 radical (unpaired) electrons. The number of hydrazone groups is 1. The number of benzene rings is 3. The molecule has 2 N–H and O–H groups in total. The Kier molecular flexibility index (Phi) is 7.34. The molecule has 0 unspecified atom stereocenters. The smallest absolute Gasteiger partial charge is 0.271 e. The maximum absolute atomic E-state index is 12.2. The second-order valence-corrected chi connectivity index (χ2v) is 7.31. The van der Waals surface area contributed by atoms with Crippen molar-refractivity contribution in [3.05, 3.63) is 94.0 Å². The van der Waals surface area contributed by atoms with Crippen molar-refractivity contribution in [3.63, 3.8) is 0 Å². The van der Waals surface area contributed by atoms with Crippen LogP contribution >= 0.6 is 15.9 Å². The molecule has 0 aliphatic rings. The van der Waals surface area contributed by atoms with E-state index in [1.807, 2.05) is 37.3 Å². The Balaban J connectivity index is 1.58. The monoisotopic (exact) mass is 465 g/mol. The molecule has 0 heterocycles. The number of hydrogen-bond acceptors (Lipinski definition) is 4. The molecule has 3 aromatic rings. The SMILES string of the molecule is Cc1ccccc1NC(=O)COc1ccccc1/C=N/NC(=O)c1ccc(Br)cc1. The molecule has 0 aromatic heterocycles. The minimum Gasteiger partial charge on any atom is -0.483 e. The van der Waals surface area contributed by atoms with Crippen LogP contribution in [-0.4, -0.2) is 24.6 Å². The van der Waals surface area contributed by atoms with E-state index in [1.54, 1.807) is 42.5 Å². The lowest BCUT2D eigenvalue weighted by Crippen LogP contribution is -2.21. The van der Waals surface area contributed by atoms with Crippen molar-refractivity contribution in [2.45, 2.75) is 6.92 Å². The number of aryl methyl sites for hydroxylation is 1. The van der Waals surface area contributed by atoms with Gasteiger partial charge in [0.05, 0.1) is 6.21 Å². The summed E-state index contributed by atoms with van der Waals surface area (Å²) < 4.78 is 6.53. The third-order valence-corrected chi connectivity index (χ3v) is 4.70. The molecule has 0 saturated heterocycles. The molecule has 0 atom stereocenters. The van der Waals surface area contributed by atoms with Gasteiger partial charge in [-0.05, 0) is 55.0 Å². The fourth-order valence-corrected chi connectivity index (χ4v) is 2.85. The van der Waals surface area contributed by atoms with Crippen molar-refractivity contribution in [1.82, 2.24) is 5.43 Å². The number of amides is 2. The number of nitrogens with zero attached hydrogens (tertiary/aromatic N) is 1. The Hall–Kier alpha value is -3.45. The number of ether oxygens (including phenoxy) is 1. The number of nitrogens with one attached hydrogen (secondary N) is 2. The van der Waals surface area contributed by atoms with E-state index in [4.69, 9.17) is 4.74 Å². The van der Waals surface area contributed by atoms with Crippen molar-refractivity contribution in [2.24, 2.45) is 5.10 Å². The van der Waals surface area contributed by atoms with Gasteiger partial charge in [0, 0.05) is 21.3 Å². The number of para-hydroxylation sites is 2. The second-order valence-electron chi connectivity index (χ2n) is 6.40. The quantitative estimate of drug-likeness (QED) is 0.397. The van der Waals surface area contributed by atoms with Gasteiger partial charge in [0.25, 0.3) is 11.8 Å². The summed E-state index contributed by atoms with van der Waals surface area (Å²) in [6, 6.07) is 21.6. The average molecular weight is 466 g/mol. The van der Waals surface area contributed by atoms with Crippen LogP contribution in [0.1, 0.15) is 21.5 Å². The molecule has 0 spiro atoms. The van der Waals surface area contributed by atoms with Gasteiger partial charge < -0.3 is 10.1 Å². The fraction of sp³-hybridized carbons (Fsp3) is 0.0870. The van der Waals surface area contributed by atoms with Gasteiger partial charge in [-0.2, -0.15) is 5.10 Å². The van der Waals surface area contributed by atoms with E-state index in [2.05, 4.69) is 31.8 Å². The van der Waals surface area contributed by atoms with Crippen LogP contribution in [0.2, 0.25) is 0 Å². The lowest BCUT2D eigenvalue weighted by atomic mass is 10.2. The van der Waals surface area contributed by atoms with Crippen LogP contribution in [-0.2, 0) is 4.79 Å². The van der Waals surface area contributed by atoms with E-state index in [9.17, 15) is 9.59 Å². The third-order valence-electron chi connectivity index (χ3n) is 4.17. The number of carbonyl (C=O) groups is 2. The van der Waals surface area contributed by atoms with Gasteiger partial charge in [0.1, 0.15) is 5.75 Å². The molecule has 0 fully saturated rings. The third kappa shape index (κ3) is 6.02. The van der Waals surface area contributed by atoms with E-state index in [1.165, 1.54) is 6.21 Å². The number of rotatable bonds is 7. The maximum atomic E-state index is 12.2. The molecule has 0 saturated carbocycles. The van der Waals surface area contributed by atoms with Crippen molar-refractivity contribution >= 4 is 39.6 Å². The van der Waals surface area contributed by atoms with Crippen LogP contribution in [0.15, 0.2) is 82.4 Å². The topological polar surface area (TPSA) is 79.8 Å². The van der Waals surface area contributed by atoms with E-state index in [-0.39, 0.29) is 18.4 Å². The van der Waals surface area contributed by atoms with Crippen LogP contribution in [0.5, 0.6) is 5.75 Å². The number of carbonyl (C=O) groups excluding carboxylic acids is 2. The Morgan fingerprint density at radius 3 is 2.47 bits per heavy atom. The molecule has 3 rings (SSSR count). The van der Waals surface area contributed by atoms with E-state index in [0.717, 1.165) is 15.7 Å². The zero-order chi connectivity index (χ0) is 21.3. The lowest BCUT2D eigenvalue weighted by molar-refractivity contribution is -0.118. The van der Waals surface area contributed by atoms with Gasteiger partial charge in [0.2, 0.25) is 0 Å². The van der Waals surface area contributed by atoms with Gasteiger partial charge in [0.15, 0.2) is 6.61 Å². The van der Waals surface area contributed by atoms with E-state index in [0.29, 0.717) is 16.9 Å². The first-order chi connectivity index (χ1) is 14.5. The average Bonchev–Trinajstić information content (AvgIpc) is 2.75. The van der Waals surface area contributed by atoms with E-state index < -0.39 is 0 Å². The molecular weight excluding hydrogens is 446 g/mol. The largest absolute Gasteiger partial charge is 0.483 e. The highest BCUT2D eigenvalue weighted by atomic mass is 79.9. The Morgan fingerprint density at radius 2 is 1.70 bits per heavy atom. The Bertz CT molecular complexity index is 1070. The summed E-state index contributed by atoms with van der Waals surface area (Å²) in [4.78, 5) is 24.3. The first-order valence-corrected chi connectivity index (χ1v) is 9.98. The molecule has 152 valence electrons. The van der Waals surface area contributed by atoms with Crippen LogP contribution in [0.4, 0.5) is 5.69 Å². The zero-order valence-electron chi connectivity index (χ0n) is 16.3. The second kappa shape index (κ2) is 10.4. The van der Waals surface area contributed by atoms with Gasteiger partial charge in [-0.1, -0.05) is 46.3 Å². The highest BCUT2D eigenvalue weighted by molar-refractivity contribution is 9.10. The zero-order valence-corrected chi connectivity index (χ0v) is 17.8. The van der Waals surface area contributed by atoms with Crippen LogP contribution < -0.4 is 15.5 Å². The number of halogens is 1. The summed E-state index contributed by atoms with van der Waals surface area (Å²) in [5, 5.41) is 6.81. The Morgan fingerprint density at radius 1 is 1.00 bits per heavy atom. The van der Waals surface area contributed by atoms with Gasteiger partial charge in [-0.3, -0.25) is 9.59 Å². The molecule has 7 heteroatoms. The normalized spacial score (nSPS) is 10.6. The number of anilines is 1. The van der Waals surface area contributed by atoms with Crippen molar-refractivity contribution in [2.75, 3.05) is 11.9 Å². The summed E-state index contributed by atoms with van der Waals surface area (Å²) in [6.45, 7) is 1.77. The minimum atomic E-state index is -0.324. The minimum absolute atomic E-state index is 0.148. The summed E-state index contributed by atoms with van der Waals surface area (Å²) in [7, 11) is 0. The van der Waals surface area contributed by atoms with Crippen LogP contribution in [0.3, 0.4) is 0 Å². The van der Waals surface area contributed by atoms with Crippen molar-refractivity contribution in [3.8, 4) is 5.75 Å². The van der Waals surface area contributed by atoms with Gasteiger partial charge in [-0.25, -0.2) is 5.43 Å². The molecule has 30 heavy (non-hydrogen) atoms. The molecule has 0 bridgehead atoms. The standard InChI is InChI=1S/C23H20BrN3O3/c1-16-6-2-4-8-20(16)26-22(28)15-30-21-9-5-3-7-18(21)14-25-27-23(29)17-10-12-19(24)13-11-17/h2-14H,15H2,1H3,(H,26,28)(H,27,29)/b25-14+. The molecule has 2 amide bonds. The fourth-order valence-electron chi connectivity index (χ4n) is 2.59. The predicted molar refractivity (Wildman–Crippen MR) is 121 cm³/mol.